The van der Waals surface area contributed by atoms with Crippen LogP contribution in [0, 0.1) is 13.8 Å². The van der Waals surface area contributed by atoms with Crippen LogP contribution in [0.15, 0.2) is 48.7 Å². The molecule has 1 fully saturated rings. The van der Waals surface area contributed by atoms with E-state index in [4.69, 9.17) is 4.74 Å². The van der Waals surface area contributed by atoms with Gasteiger partial charge in [0.05, 0.1) is 24.1 Å². The maximum atomic E-state index is 13.0. The number of aromatic nitrogens is 2. The van der Waals surface area contributed by atoms with Gasteiger partial charge in [0.1, 0.15) is 11.4 Å². The van der Waals surface area contributed by atoms with Crippen molar-refractivity contribution in [3.63, 3.8) is 0 Å². The topological polar surface area (TPSA) is 79.4 Å². The number of amides is 1. The van der Waals surface area contributed by atoms with Gasteiger partial charge in [0, 0.05) is 36.9 Å². The molecule has 0 spiro atoms. The number of rotatable bonds is 10. The molecule has 1 unspecified atom stereocenters. The van der Waals surface area contributed by atoms with Crippen LogP contribution in [-0.4, -0.2) is 59.6 Å². The van der Waals surface area contributed by atoms with Gasteiger partial charge in [-0.05, 0) is 101 Å². The molecule has 0 radical (unpaired) electrons. The number of hydrogen-bond donors (Lipinski definition) is 2. The van der Waals surface area contributed by atoms with E-state index in [1.54, 1.807) is 7.11 Å². The van der Waals surface area contributed by atoms with Crippen molar-refractivity contribution in [2.24, 2.45) is 0 Å². The van der Waals surface area contributed by atoms with E-state index < -0.39 is 11.9 Å². The van der Waals surface area contributed by atoms with E-state index in [2.05, 4.69) is 38.5 Å². The Morgan fingerprint density at radius 3 is 2.49 bits per heavy atom. The highest BCUT2D eigenvalue weighted by Gasteiger charge is 2.34. The third kappa shape index (κ3) is 7.83. The number of halogens is 3. The van der Waals surface area contributed by atoms with E-state index in [0.717, 1.165) is 67.5 Å². The second-order valence-corrected chi connectivity index (χ2v) is 10.6. The van der Waals surface area contributed by atoms with E-state index in [1.807, 2.05) is 36.5 Å². The number of likely N-dealkylation sites (tertiary alicyclic amines) is 1. The number of nitrogens with zero attached hydrogens (tertiary/aromatic N) is 3. The molecule has 2 aromatic heterocycles. The predicted molar refractivity (Wildman–Crippen MR) is 153 cm³/mol. The van der Waals surface area contributed by atoms with E-state index in [9.17, 15) is 18.0 Å². The summed E-state index contributed by atoms with van der Waals surface area (Å²) in [6.07, 6.45) is 0.0573. The van der Waals surface area contributed by atoms with Crippen molar-refractivity contribution in [1.82, 2.24) is 25.5 Å². The first-order valence-electron chi connectivity index (χ1n) is 14.0. The van der Waals surface area contributed by atoms with Gasteiger partial charge in [0.2, 0.25) is 0 Å². The molecule has 1 aliphatic rings. The molecule has 1 saturated heterocycles. The summed E-state index contributed by atoms with van der Waals surface area (Å²) in [7, 11) is 1.65. The minimum Gasteiger partial charge on any atom is -0.497 e. The molecule has 10 heteroatoms. The summed E-state index contributed by atoms with van der Waals surface area (Å²) in [4.78, 5) is 23.4. The minimum atomic E-state index is -4.54. The van der Waals surface area contributed by atoms with E-state index in [1.165, 1.54) is 13.8 Å². The number of piperidine rings is 1. The second-order valence-electron chi connectivity index (χ2n) is 10.6. The zero-order chi connectivity index (χ0) is 29.6. The van der Waals surface area contributed by atoms with Crippen molar-refractivity contribution in [3.8, 4) is 17.0 Å². The molecule has 3 heterocycles. The van der Waals surface area contributed by atoms with Crippen LogP contribution in [-0.2, 0) is 12.7 Å². The van der Waals surface area contributed by atoms with E-state index in [0.29, 0.717) is 12.6 Å². The SMILES string of the molecule is COc1ccc(-c2ncccc2CNC2CCN(C(C)CCNC(=O)c3c(C)cc(C(F)(F)F)nc3C)CC2)cc1. The summed E-state index contributed by atoms with van der Waals surface area (Å²) in [5, 5.41) is 6.57. The first kappa shape index (κ1) is 30.5. The molecule has 0 bridgehead atoms. The van der Waals surface area contributed by atoms with Crippen molar-refractivity contribution in [3.05, 3.63) is 76.7 Å². The number of nitrogens with one attached hydrogen (secondary N) is 2. The smallest absolute Gasteiger partial charge is 0.433 e. The lowest BCUT2D eigenvalue weighted by molar-refractivity contribution is -0.141. The Morgan fingerprint density at radius 2 is 1.85 bits per heavy atom. The first-order valence-corrected chi connectivity index (χ1v) is 14.0. The Balaban J connectivity index is 1.22. The van der Waals surface area contributed by atoms with Gasteiger partial charge in [-0.2, -0.15) is 13.2 Å². The Morgan fingerprint density at radius 1 is 1.15 bits per heavy atom. The molecule has 0 saturated carbocycles. The quantitative estimate of drug-likeness (QED) is 0.333. The van der Waals surface area contributed by atoms with Crippen LogP contribution in [0.1, 0.15) is 59.1 Å². The summed E-state index contributed by atoms with van der Waals surface area (Å²) >= 11 is 0. The molecule has 41 heavy (non-hydrogen) atoms. The average Bonchev–Trinajstić information content (AvgIpc) is 2.95. The number of benzene rings is 1. The van der Waals surface area contributed by atoms with Crippen LogP contribution in [0.5, 0.6) is 5.75 Å². The standard InChI is InChI=1S/C31H38F3N5O2/c1-20-18-27(31(32,33)34)38-22(3)28(20)30(40)36-15-11-21(2)39-16-12-25(13-17-39)37-19-24-6-5-14-35-29(24)23-7-9-26(41-4)10-8-23/h5-10,14,18,21,25,37H,11-13,15-17,19H2,1-4H3,(H,36,40). The number of pyridine rings is 2. The van der Waals surface area contributed by atoms with Gasteiger partial charge < -0.3 is 20.3 Å². The summed E-state index contributed by atoms with van der Waals surface area (Å²) in [5.74, 6) is 0.426. The Bertz CT molecular complexity index is 1300. The molecule has 220 valence electrons. The zero-order valence-electron chi connectivity index (χ0n) is 24.0. The monoisotopic (exact) mass is 569 g/mol. The fraction of sp³-hybridized carbons (Fsp3) is 0.452. The summed E-state index contributed by atoms with van der Waals surface area (Å²) in [6, 6.07) is 13.6. The van der Waals surface area contributed by atoms with E-state index >= 15 is 0 Å². The third-order valence-electron chi connectivity index (χ3n) is 7.75. The Hall–Kier alpha value is -3.50. The first-order chi connectivity index (χ1) is 19.6. The molecule has 1 aliphatic heterocycles. The average molecular weight is 570 g/mol. The lowest BCUT2D eigenvalue weighted by atomic mass is 10.0. The maximum Gasteiger partial charge on any atom is 0.433 e. The number of carbonyl (C=O) groups is 1. The zero-order valence-corrected chi connectivity index (χ0v) is 24.0. The van der Waals surface area contributed by atoms with Crippen LogP contribution in [0.2, 0.25) is 0 Å². The van der Waals surface area contributed by atoms with Crippen molar-refractivity contribution in [2.45, 2.75) is 64.8 Å². The molecule has 3 aromatic rings. The molecule has 1 amide bonds. The lowest BCUT2D eigenvalue weighted by Crippen LogP contribution is -2.46. The van der Waals surface area contributed by atoms with Crippen LogP contribution < -0.4 is 15.4 Å². The molecule has 2 N–H and O–H groups in total. The molecular formula is C31H38F3N5O2. The van der Waals surface area contributed by atoms with E-state index in [-0.39, 0.29) is 28.8 Å². The highest BCUT2D eigenvalue weighted by atomic mass is 19.4. The Kier molecular flexibility index (Phi) is 9.99. The Labute approximate surface area is 239 Å². The number of ether oxygens (including phenoxy) is 1. The number of carbonyl (C=O) groups excluding carboxylic acids is 1. The molecule has 1 atom stereocenters. The van der Waals surface area contributed by atoms with Crippen molar-refractivity contribution in [2.75, 3.05) is 26.7 Å². The van der Waals surface area contributed by atoms with Crippen LogP contribution in [0.3, 0.4) is 0 Å². The highest BCUT2D eigenvalue weighted by Crippen LogP contribution is 2.30. The van der Waals surface area contributed by atoms with Gasteiger partial charge in [0.25, 0.3) is 5.91 Å². The van der Waals surface area contributed by atoms with Gasteiger partial charge in [-0.25, -0.2) is 4.98 Å². The van der Waals surface area contributed by atoms with Crippen molar-refractivity contribution >= 4 is 5.91 Å². The van der Waals surface area contributed by atoms with Gasteiger partial charge in [-0.3, -0.25) is 9.78 Å². The maximum absolute atomic E-state index is 13.0. The second kappa shape index (κ2) is 13.4. The number of alkyl halides is 3. The van der Waals surface area contributed by atoms with Crippen LogP contribution >= 0.6 is 0 Å². The fourth-order valence-electron chi connectivity index (χ4n) is 5.37. The molecule has 4 rings (SSSR count). The molecular weight excluding hydrogens is 531 g/mol. The summed E-state index contributed by atoms with van der Waals surface area (Å²) < 4.78 is 44.3. The van der Waals surface area contributed by atoms with Crippen molar-refractivity contribution < 1.29 is 22.7 Å². The highest BCUT2D eigenvalue weighted by molar-refractivity contribution is 5.96. The normalized spacial score (nSPS) is 15.5. The predicted octanol–water partition coefficient (Wildman–Crippen LogP) is 5.55. The third-order valence-corrected chi connectivity index (χ3v) is 7.75. The largest absolute Gasteiger partial charge is 0.497 e. The van der Waals surface area contributed by atoms with Gasteiger partial charge in [-0.1, -0.05) is 6.07 Å². The lowest BCUT2D eigenvalue weighted by Gasteiger charge is -2.36. The fourth-order valence-corrected chi connectivity index (χ4v) is 5.37. The van der Waals surface area contributed by atoms with Crippen LogP contribution in [0.4, 0.5) is 13.2 Å². The summed E-state index contributed by atoms with van der Waals surface area (Å²) in [6.45, 7) is 8.16. The van der Waals surface area contributed by atoms with Gasteiger partial charge in [0.15, 0.2) is 0 Å². The number of aryl methyl sites for hydroxylation is 2. The molecule has 1 aromatic carbocycles. The minimum absolute atomic E-state index is 0.0832. The van der Waals surface area contributed by atoms with Gasteiger partial charge >= 0.3 is 6.18 Å². The summed E-state index contributed by atoms with van der Waals surface area (Å²) in [5.41, 5.74) is 2.76. The number of hydrogen-bond acceptors (Lipinski definition) is 6. The van der Waals surface area contributed by atoms with Gasteiger partial charge in [-0.15, -0.1) is 0 Å². The molecule has 0 aliphatic carbocycles. The van der Waals surface area contributed by atoms with Crippen LogP contribution in [0.25, 0.3) is 11.3 Å². The number of methoxy groups -OCH3 is 1. The van der Waals surface area contributed by atoms with Crippen molar-refractivity contribution in [1.29, 1.82) is 0 Å². The molecule has 7 nitrogen and oxygen atoms in total.